The van der Waals surface area contributed by atoms with E-state index < -0.39 is 0 Å². The summed E-state index contributed by atoms with van der Waals surface area (Å²) in [6.45, 7) is 0.578. The Morgan fingerprint density at radius 3 is 2.74 bits per heavy atom. The number of hydrogen-bond donors (Lipinski definition) is 2. The highest BCUT2D eigenvalue weighted by atomic mass is 79.9. The van der Waals surface area contributed by atoms with Crippen molar-refractivity contribution in [3.63, 3.8) is 0 Å². The van der Waals surface area contributed by atoms with Crippen molar-refractivity contribution in [3.05, 3.63) is 34.1 Å². The zero-order valence-electron chi connectivity index (χ0n) is 12.9. The number of fused-ring (bicyclic) bond motifs is 2. The minimum Gasteiger partial charge on any atom is -0.356 e. The zero-order valence-corrected chi connectivity index (χ0v) is 15.3. The fraction of sp³-hybridized carbons (Fsp3) is 0.588. The second kappa shape index (κ2) is 7.95. The third kappa shape index (κ3) is 4.06. The van der Waals surface area contributed by atoms with Gasteiger partial charge in [0.25, 0.3) is 0 Å². The van der Waals surface area contributed by atoms with Gasteiger partial charge in [0.05, 0.1) is 5.92 Å². The number of nitrogens with two attached hydrogens (primary N) is 1. The van der Waals surface area contributed by atoms with Crippen LogP contribution >= 0.6 is 28.3 Å². The van der Waals surface area contributed by atoms with Crippen molar-refractivity contribution >= 4 is 34.2 Å². The van der Waals surface area contributed by atoms with Crippen molar-refractivity contribution in [2.75, 3.05) is 6.54 Å². The molecule has 1 aromatic rings. The Morgan fingerprint density at radius 2 is 2.09 bits per heavy atom. The zero-order chi connectivity index (χ0) is 15.7. The number of halogens is 3. The number of benzene rings is 1. The van der Waals surface area contributed by atoms with E-state index in [1.54, 1.807) is 6.07 Å². The topological polar surface area (TPSA) is 55.1 Å². The number of amides is 1. The van der Waals surface area contributed by atoms with Crippen molar-refractivity contribution < 1.29 is 9.18 Å². The summed E-state index contributed by atoms with van der Waals surface area (Å²) in [7, 11) is 0. The summed E-state index contributed by atoms with van der Waals surface area (Å²) in [5.74, 6) is 0.900. The standard InChI is InChI=1S/C17H22BrFN2O.ClH/c18-13-6-5-10(14(19)9-13)2-1-7-21-17(22)15-11-3-4-12(8-11)16(15)20;/h5-6,9,11-12,15-16H,1-4,7-8,20H2,(H,21,22);1H. The van der Waals surface area contributed by atoms with E-state index in [9.17, 15) is 9.18 Å². The molecule has 2 saturated carbocycles. The molecule has 1 amide bonds. The van der Waals surface area contributed by atoms with Gasteiger partial charge >= 0.3 is 0 Å². The molecule has 4 atom stereocenters. The van der Waals surface area contributed by atoms with Crippen LogP contribution in [0.2, 0.25) is 0 Å². The first-order chi connectivity index (χ1) is 10.6. The number of rotatable bonds is 5. The molecule has 2 bridgehead atoms. The molecule has 0 spiro atoms. The lowest BCUT2D eigenvalue weighted by molar-refractivity contribution is -0.127. The maximum atomic E-state index is 13.7. The second-order valence-corrected chi connectivity index (χ2v) is 7.48. The molecule has 4 unspecified atom stereocenters. The summed E-state index contributed by atoms with van der Waals surface area (Å²) in [6.07, 6.45) is 4.80. The Hall–Kier alpha value is -0.650. The largest absolute Gasteiger partial charge is 0.356 e. The summed E-state index contributed by atoms with van der Waals surface area (Å²) in [4.78, 5) is 12.3. The molecule has 2 aliphatic carbocycles. The first kappa shape index (κ1) is 18.7. The van der Waals surface area contributed by atoms with Gasteiger partial charge in [0.15, 0.2) is 0 Å². The first-order valence-corrected chi connectivity index (χ1v) is 8.83. The van der Waals surface area contributed by atoms with Crippen LogP contribution in [-0.2, 0) is 11.2 Å². The van der Waals surface area contributed by atoms with Crippen LogP contribution in [0.5, 0.6) is 0 Å². The molecule has 3 N–H and O–H groups in total. The van der Waals surface area contributed by atoms with Gasteiger partial charge in [0.1, 0.15) is 5.82 Å². The fourth-order valence-corrected chi connectivity index (χ4v) is 4.39. The number of carbonyl (C=O) groups is 1. The van der Waals surface area contributed by atoms with E-state index >= 15 is 0 Å². The van der Waals surface area contributed by atoms with Crippen molar-refractivity contribution in [1.29, 1.82) is 0 Å². The van der Waals surface area contributed by atoms with Crippen LogP contribution in [0.15, 0.2) is 22.7 Å². The Kier molecular flexibility index (Phi) is 6.46. The van der Waals surface area contributed by atoms with Gasteiger partial charge in [-0.25, -0.2) is 4.39 Å². The summed E-state index contributed by atoms with van der Waals surface area (Å²) in [5.41, 5.74) is 6.87. The molecule has 2 fully saturated rings. The molecular weight excluding hydrogens is 383 g/mol. The van der Waals surface area contributed by atoms with E-state index in [1.165, 1.54) is 12.5 Å². The van der Waals surface area contributed by atoms with Gasteiger partial charge in [-0.15, -0.1) is 12.4 Å². The van der Waals surface area contributed by atoms with E-state index in [2.05, 4.69) is 21.2 Å². The average Bonchev–Trinajstić information content (AvgIpc) is 3.06. The molecular formula is C17H23BrClFN2O. The number of carbonyl (C=O) groups excluding carboxylic acids is 1. The van der Waals surface area contributed by atoms with E-state index in [4.69, 9.17) is 5.73 Å². The molecule has 0 saturated heterocycles. The Balaban J connectivity index is 0.00000192. The molecule has 23 heavy (non-hydrogen) atoms. The van der Waals surface area contributed by atoms with Gasteiger partial charge in [0.2, 0.25) is 5.91 Å². The Morgan fingerprint density at radius 1 is 1.35 bits per heavy atom. The molecule has 1 aromatic carbocycles. The van der Waals surface area contributed by atoms with Crippen LogP contribution < -0.4 is 11.1 Å². The van der Waals surface area contributed by atoms with Crippen molar-refractivity contribution in [1.82, 2.24) is 5.32 Å². The van der Waals surface area contributed by atoms with Crippen LogP contribution in [0.4, 0.5) is 4.39 Å². The first-order valence-electron chi connectivity index (χ1n) is 8.03. The van der Waals surface area contributed by atoms with Crippen LogP contribution in [0, 0.1) is 23.6 Å². The normalized spacial score (nSPS) is 28.5. The summed E-state index contributed by atoms with van der Waals surface area (Å²) >= 11 is 3.25. The van der Waals surface area contributed by atoms with E-state index in [0.717, 1.165) is 23.7 Å². The van der Waals surface area contributed by atoms with E-state index in [1.807, 2.05) is 6.07 Å². The van der Waals surface area contributed by atoms with Gasteiger partial charge in [-0.2, -0.15) is 0 Å². The third-order valence-corrected chi connectivity index (χ3v) is 5.71. The lowest BCUT2D eigenvalue weighted by atomic mass is 9.84. The molecule has 0 aliphatic heterocycles. The van der Waals surface area contributed by atoms with Gasteiger partial charge in [0, 0.05) is 17.1 Å². The summed E-state index contributed by atoms with van der Waals surface area (Å²) in [5, 5.41) is 2.99. The van der Waals surface area contributed by atoms with Crippen molar-refractivity contribution in [2.45, 2.75) is 38.1 Å². The third-order valence-electron chi connectivity index (χ3n) is 5.22. The smallest absolute Gasteiger partial charge is 0.224 e. The fourth-order valence-electron chi connectivity index (χ4n) is 4.06. The quantitative estimate of drug-likeness (QED) is 0.737. The highest BCUT2D eigenvalue weighted by Crippen LogP contribution is 2.47. The van der Waals surface area contributed by atoms with Gasteiger partial charge in [-0.1, -0.05) is 22.0 Å². The molecule has 6 heteroatoms. The van der Waals surface area contributed by atoms with Crippen LogP contribution in [0.25, 0.3) is 0 Å². The van der Waals surface area contributed by atoms with Gasteiger partial charge in [-0.05, 0) is 61.6 Å². The molecule has 2 aliphatic rings. The lowest BCUT2D eigenvalue weighted by Crippen LogP contribution is -2.45. The van der Waals surface area contributed by atoms with E-state index in [0.29, 0.717) is 30.4 Å². The Labute approximate surface area is 151 Å². The maximum Gasteiger partial charge on any atom is 0.224 e. The second-order valence-electron chi connectivity index (χ2n) is 6.57. The minimum absolute atomic E-state index is 0. The number of aryl methyl sites for hydroxylation is 1. The number of hydrogen-bond acceptors (Lipinski definition) is 2. The van der Waals surface area contributed by atoms with Crippen LogP contribution in [0.3, 0.4) is 0 Å². The maximum absolute atomic E-state index is 13.7. The molecule has 0 radical (unpaired) electrons. The molecule has 0 heterocycles. The van der Waals surface area contributed by atoms with Gasteiger partial charge in [-0.3, -0.25) is 4.79 Å². The highest BCUT2D eigenvalue weighted by Gasteiger charge is 2.48. The summed E-state index contributed by atoms with van der Waals surface area (Å²) < 4.78 is 14.4. The lowest BCUT2D eigenvalue weighted by Gasteiger charge is -2.27. The average molecular weight is 406 g/mol. The SMILES string of the molecule is Cl.NC1C2CCC(C2)C1C(=O)NCCCc1ccc(Br)cc1F. The van der Waals surface area contributed by atoms with Crippen LogP contribution in [-0.4, -0.2) is 18.5 Å². The molecule has 3 rings (SSSR count). The molecule has 0 aromatic heterocycles. The number of nitrogens with one attached hydrogen (secondary N) is 1. The minimum atomic E-state index is -0.198. The van der Waals surface area contributed by atoms with E-state index in [-0.39, 0.29) is 36.1 Å². The molecule has 128 valence electrons. The van der Waals surface area contributed by atoms with Gasteiger partial charge < -0.3 is 11.1 Å². The Bertz CT molecular complexity index is 570. The monoisotopic (exact) mass is 404 g/mol. The summed E-state index contributed by atoms with van der Waals surface area (Å²) in [6, 6.07) is 5.13. The van der Waals surface area contributed by atoms with Crippen molar-refractivity contribution in [2.24, 2.45) is 23.5 Å². The molecule has 3 nitrogen and oxygen atoms in total. The van der Waals surface area contributed by atoms with Crippen molar-refractivity contribution in [3.8, 4) is 0 Å². The van der Waals surface area contributed by atoms with Crippen LogP contribution in [0.1, 0.15) is 31.2 Å². The predicted molar refractivity (Wildman–Crippen MR) is 95.0 cm³/mol. The predicted octanol–water partition coefficient (Wildman–Crippen LogP) is 3.43. The highest BCUT2D eigenvalue weighted by molar-refractivity contribution is 9.10.